The molecule has 0 saturated carbocycles. The second kappa shape index (κ2) is 8.47. The third-order valence-electron chi connectivity index (χ3n) is 2.74. The molecule has 0 aliphatic rings. The van der Waals surface area contributed by atoms with Crippen LogP contribution in [0.5, 0.6) is 0 Å². The van der Waals surface area contributed by atoms with Gasteiger partial charge in [-0.25, -0.2) is 0 Å². The van der Waals surface area contributed by atoms with Crippen molar-refractivity contribution < 1.29 is 18.9 Å². The molecule has 1 atom stereocenters. The summed E-state index contributed by atoms with van der Waals surface area (Å²) in [6, 6.07) is 6.83. The van der Waals surface area contributed by atoms with Crippen molar-refractivity contribution in [3.63, 3.8) is 0 Å². The molecule has 0 aromatic heterocycles. The van der Waals surface area contributed by atoms with Crippen molar-refractivity contribution in [2.75, 3.05) is 12.3 Å². The molecule has 5 nitrogen and oxygen atoms in total. The van der Waals surface area contributed by atoms with Gasteiger partial charge in [-0.15, -0.1) is 0 Å². The van der Waals surface area contributed by atoms with E-state index < -0.39 is 16.8 Å². The van der Waals surface area contributed by atoms with Crippen molar-refractivity contribution in [3.05, 3.63) is 29.8 Å². The summed E-state index contributed by atoms with van der Waals surface area (Å²) in [7, 11) is -1.18. The molecular formula is C14H19NO4S. The van der Waals surface area contributed by atoms with E-state index in [1.807, 2.05) is 0 Å². The van der Waals surface area contributed by atoms with Crippen molar-refractivity contribution in [2.24, 2.45) is 0 Å². The molecule has 1 unspecified atom stereocenters. The number of carbonyl (C=O) groups is 2. The highest BCUT2D eigenvalue weighted by Gasteiger charge is 2.13. The molecule has 0 aliphatic carbocycles. The number of benzene rings is 1. The fourth-order valence-corrected chi connectivity index (χ4v) is 2.65. The molecule has 110 valence electrons. The number of nitrogens with one attached hydrogen (secondary N) is 1. The summed E-state index contributed by atoms with van der Waals surface area (Å²) in [5.74, 6) is -0.638. The topological polar surface area (TPSA) is 83.5 Å². The van der Waals surface area contributed by atoms with Crippen LogP contribution in [0.4, 0.5) is 0 Å². The summed E-state index contributed by atoms with van der Waals surface area (Å²) in [6.07, 6.45) is 1.24. The molecule has 0 aliphatic heterocycles. The zero-order chi connectivity index (χ0) is 15.0. The maximum Gasteiger partial charge on any atom is 0.303 e. The lowest BCUT2D eigenvalue weighted by Gasteiger charge is -2.09. The number of amides is 1. The summed E-state index contributed by atoms with van der Waals surface area (Å²) in [5.41, 5.74) is 0.422. The van der Waals surface area contributed by atoms with Crippen LogP contribution in [0.1, 0.15) is 36.5 Å². The van der Waals surface area contributed by atoms with E-state index in [0.717, 1.165) is 0 Å². The van der Waals surface area contributed by atoms with E-state index in [-0.39, 0.29) is 12.3 Å². The third kappa shape index (κ3) is 5.13. The van der Waals surface area contributed by atoms with E-state index in [1.165, 1.54) is 0 Å². The van der Waals surface area contributed by atoms with Gasteiger partial charge in [-0.05, 0) is 25.0 Å². The van der Waals surface area contributed by atoms with Crippen LogP contribution < -0.4 is 5.32 Å². The van der Waals surface area contributed by atoms with E-state index in [2.05, 4.69) is 5.32 Å². The van der Waals surface area contributed by atoms with Crippen molar-refractivity contribution in [3.8, 4) is 0 Å². The fourth-order valence-electron chi connectivity index (χ4n) is 1.71. The minimum absolute atomic E-state index is 0.103. The lowest BCUT2D eigenvalue weighted by molar-refractivity contribution is -0.137. The minimum Gasteiger partial charge on any atom is -0.481 e. The first kappa shape index (κ1) is 16.4. The molecule has 0 heterocycles. The highest BCUT2D eigenvalue weighted by molar-refractivity contribution is 7.85. The summed E-state index contributed by atoms with van der Waals surface area (Å²) in [6.45, 7) is 2.22. The number of carboxylic acid groups (broad SMARTS) is 1. The quantitative estimate of drug-likeness (QED) is 0.717. The van der Waals surface area contributed by atoms with Gasteiger partial charge in [-0.3, -0.25) is 13.8 Å². The van der Waals surface area contributed by atoms with Crippen molar-refractivity contribution in [2.45, 2.75) is 31.1 Å². The Kier molecular flexibility index (Phi) is 6.93. The third-order valence-corrected chi connectivity index (χ3v) is 4.11. The molecule has 1 amide bonds. The van der Waals surface area contributed by atoms with Gasteiger partial charge < -0.3 is 10.4 Å². The Morgan fingerprint density at radius 3 is 2.60 bits per heavy atom. The molecule has 2 N–H and O–H groups in total. The van der Waals surface area contributed by atoms with Crippen LogP contribution in [-0.4, -0.2) is 33.5 Å². The van der Waals surface area contributed by atoms with Gasteiger partial charge in [0.25, 0.3) is 5.91 Å². The number of hydrogen-bond donors (Lipinski definition) is 2. The van der Waals surface area contributed by atoms with Crippen molar-refractivity contribution >= 4 is 22.7 Å². The van der Waals surface area contributed by atoms with Gasteiger partial charge in [0.1, 0.15) is 0 Å². The summed E-state index contributed by atoms with van der Waals surface area (Å²) in [5, 5.41) is 11.2. The van der Waals surface area contributed by atoms with Crippen molar-refractivity contribution in [1.29, 1.82) is 0 Å². The average molecular weight is 297 g/mol. The number of rotatable bonds is 8. The average Bonchev–Trinajstić information content (AvgIpc) is 2.45. The van der Waals surface area contributed by atoms with E-state index >= 15 is 0 Å². The molecule has 0 saturated heterocycles. The molecule has 1 rings (SSSR count). The number of carboxylic acids is 1. The zero-order valence-electron chi connectivity index (χ0n) is 11.4. The number of unbranched alkanes of at least 4 members (excludes halogenated alkanes) is 1. The molecule has 0 fully saturated rings. The highest BCUT2D eigenvalue weighted by Crippen LogP contribution is 2.13. The van der Waals surface area contributed by atoms with Gasteiger partial charge >= 0.3 is 5.97 Å². The fraction of sp³-hybridized carbons (Fsp3) is 0.429. The Morgan fingerprint density at radius 1 is 1.25 bits per heavy atom. The van der Waals surface area contributed by atoms with Gasteiger partial charge in [-0.2, -0.15) is 0 Å². The summed E-state index contributed by atoms with van der Waals surface area (Å²) < 4.78 is 11.9. The van der Waals surface area contributed by atoms with Crippen LogP contribution in [-0.2, 0) is 15.6 Å². The van der Waals surface area contributed by atoms with Gasteiger partial charge in [0.2, 0.25) is 0 Å². The van der Waals surface area contributed by atoms with Gasteiger partial charge in [0, 0.05) is 18.7 Å². The van der Waals surface area contributed by atoms with Gasteiger partial charge in [-0.1, -0.05) is 19.1 Å². The van der Waals surface area contributed by atoms with E-state index in [1.54, 1.807) is 31.2 Å². The molecule has 1 aromatic carbocycles. The Bertz CT molecular complexity index is 502. The molecule has 6 heteroatoms. The Labute approximate surface area is 120 Å². The van der Waals surface area contributed by atoms with Crippen molar-refractivity contribution in [1.82, 2.24) is 5.32 Å². The lowest BCUT2D eigenvalue weighted by atomic mass is 10.2. The molecule has 20 heavy (non-hydrogen) atoms. The van der Waals surface area contributed by atoms with Crippen LogP contribution in [0.3, 0.4) is 0 Å². The van der Waals surface area contributed by atoms with E-state index in [4.69, 9.17) is 5.11 Å². The van der Waals surface area contributed by atoms with Gasteiger partial charge in [0.15, 0.2) is 0 Å². The van der Waals surface area contributed by atoms with Crippen LogP contribution >= 0.6 is 0 Å². The SMILES string of the molecule is CCS(=O)c1ccccc1C(=O)NCCCCC(=O)O. The van der Waals surface area contributed by atoms with E-state index in [9.17, 15) is 13.8 Å². The van der Waals surface area contributed by atoms with Gasteiger partial charge in [0.05, 0.1) is 21.3 Å². The largest absolute Gasteiger partial charge is 0.481 e. The summed E-state index contributed by atoms with van der Waals surface area (Å²) >= 11 is 0. The first-order valence-electron chi connectivity index (χ1n) is 6.53. The first-order valence-corrected chi connectivity index (χ1v) is 7.85. The molecule has 0 bridgehead atoms. The van der Waals surface area contributed by atoms with E-state index in [0.29, 0.717) is 35.6 Å². The predicted octanol–water partition coefficient (Wildman–Crippen LogP) is 1.80. The maximum absolute atomic E-state index is 12.0. The number of carbonyl (C=O) groups excluding carboxylic acids is 1. The summed E-state index contributed by atoms with van der Waals surface area (Å²) in [4.78, 5) is 22.9. The Morgan fingerprint density at radius 2 is 1.95 bits per heavy atom. The Balaban J connectivity index is 2.55. The normalized spacial score (nSPS) is 11.8. The minimum atomic E-state index is -1.18. The van der Waals surface area contributed by atoms with Crippen LogP contribution in [0.15, 0.2) is 29.2 Å². The smallest absolute Gasteiger partial charge is 0.303 e. The molecular weight excluding hydrogens is 278 g/mol. The second-order valence-corrected chi connectivity index (χ2v) is 5.95. The lowest BCUT2D eigenvalue weighted by Crippen LogP contribution is -2.25. The highest BCUT2D eigenvalue weighted by atomic mass is 32.2. The standard InChI is InChI=1S/C14H19NO4S/c1-2-20(19)12-8-4-3-7-11(12)14(18)15-10-6-5-9-13(16)17/h3-4,7-8H,2,5-6,9-10H2,1H3,(H,15,18)(H,16,17). The molecule has 0 radical (unpaired) electrons. The monoisotopic (exact) mass is 297 g/mol. The maximum atomic E-state index is 12.0. The molecule has 0 spiro atoms. The first-order chi connectivity index (χ1) is 9.56. The Hall–Kier alpha value is -1.69. The number of aliphatic carboxylic acids is 1. The van der Waals surface area contributed by atoms with Crippen LogP contribution in [0.25, 0.3) is 0 Å². The second-order valence-electron chi connectivity index (χ2n) is 4.24. The molecule has 1 aromatic rings. The van der Waals surface area contributed by atoms with Crippen LogP contribution in [0.2, 0.25) is 0 Å². The zero-order valence-corrected chi connectivity index (χ0v) is 12.2. The number of hydrogen-bond acceptors (Lipinski definition) is 3. The predicted molar refractivity (Wildman–Crippen MR) is 77.2 cm³/mol. The van der Waals surface area contributed by atoms with Crippen LogP contribution in [0, 0.1) is 0 Å².